The molecule has 0 atom stereocenters. The molecular weight excluding hydrogens is 795 g/mol. The van der Waals surface area contributed by atoms with Crippen LogP contribution >= 0.6 is 7.92 Å². The number of anilines is 2. The first kappa shape index (κ1) is 38.7. The Morgan fingerprint density at radius 3 is 0.918 bits per heavy atom. The average molecular weight is 849 g/mol. The molecule has 1 saturated heterocycles. The Balaban J connectivity index is 0.000000234. The van der Waals surface area contributed by atoms with E-state index in [-0.39, 0.29) is 22.4 Å². The van der Waals surface area contributed by atoms with E-state index in [9.17, 15) is 0 Å². The van der Waals surface area contributed by atoms with Crippen molar-refractivity contribution in [1.82, 2.24) is 0 Å². The Morgan fingerprint density at radius 2 is 0.673 bits per heavy atom. The van der Waals surface area contributed by atoms with Gasteiger partial charge in [0.25, 0.3) is 0 Å². The summed E-state index contributed by atoms with van der Waals surface area (Å²) in [6.45, 7) is 20.5. The number of hydrogen-bond donors (Lipinski definition) is 0. The first-order valence-electron chi connectivity index (χ1n) is 17.8. The van der Waals surface area contributed by atoms with Crippen molar-refractivity contribution >= 4 is 42.8 Å². The third-order valence-corrected chi connectivity index (χ3v) is 11.6. The van der Waals surface area contributed by atoms with Crippen LogP contribution in [0, 0.1) is 0 Å². The molecule has 0 aromatic heterocycles. The van der Waals surface area contributed by atoms with Crippen molar-refractivity contribution in [2.75, 3.05) is 22.7 Å². The normalized spacial score (nSPS) is 12.9. The van der Waals surface area contributed by atoms with Crippen LogP contribution in [0.2, 0.25) is 0 Å². The van der Waals surface area contributed by atoms with Gasteiger partial charge < -0.3 is 9.62 Å². The minimum absolute atomic E-state index is 0. The van der Waals surface area contributed by atoms with Gasteiger partial charge in [-0.15, -0.1) is 0 Å². The van der Waals surface area contributed by atoms with E-state index >= 15 is 0 Å². The van der Waals surface area contributed by atoms with Gasteiger partial charge in [-0.2, -0.15) is 0 Å². The quantitative estimate of drug-likeness (QED) is 0.108. The molecule has 6 rings (SSSR count). The summed E-state index contributed by atoms with van der Waals surface area (Å²) in [5, 5.41) is 4.19. The zero-order valence-corrected chi connectivity index (χ0v) is 33.6. The molecule has 0 bridgehead atoms. The van der Waals surface area contributed by atoms with Crippen LogP contribution in [0.3, 0.4) is 0 Å². The maximum Gasteiger partial charge on any atom is 1.00 e. The zero-order valence-electron chi connectivity index (χ0n) is 30.6. The number of rotatable bonds is 9. The standard InChI is InChI=1S/C26H38BN2.C18H15P.Au/c1-17(2)21-11-9-12-22(18(3)4)25(21)28-15-16-29(27-28)26-23(19(5)6)13-10-14-24(26)20(7)8;1-4-10-16(11-5-1)19(17-12-6-2-7-13-17)18-14-8-3-9-15-18;/h9-14,17-20H,15-16H2,1-8H3;1-15H;/q-1;;+1. The molecule has 5 heteroatoms. The molecule has 49 heavy (non-hydrogen) atoms. The third-order valence-electron chi connectivity index (χ3n) is 9.16. The Labute approximate surface area is 314 Å². The van der Waals surface area contributed by atoms with Crippen LogP contribution in [0.4, 0.5) is 11.4 Å². The van der Waals surface area contributed by atoms with Crippen LogP contribution < -0.4 is 25.5 Å². The Bertz CT molecular complexity index is 1510. The summed E-state index contributed by atoms with van der Waals surface area (Å²) < 4.78 is 0. The molecule has 5 aromatic rings. The second-order valence-electron chi connectivity index (χ2n) is 14.0. The molecule has 1 fully saturated rings. The summed E-state index contributed by atoms with van der Waals surface area (Å²) in [6.07, 6.45) is 0. The molecule has 2 nitrogen and oxygen atoms in total. The molecule has 0 unspecified atom stereocenters. The summed E-state index contributed by atoms with van der Waals surface area (Å²) in [4.78, 5) is 5.01. The van der Waals surface area contributed by atoms with Crippen molar-refractivity contribution in [3.05, 3.63) is 150 Å². The molecule has 0 amide bonds. The molecule has 0 spiro atoms. The summed E-state index contributed by atoms with van der Waals surface area (Å²) in [5.41, 5.74) is 8.67. The van der Waals surface area contributed by atoms with Crippen LogP contribution in [0.5, 0.6) is 0 Å². The van der Waals surface area contributed by atoms with Gasteiger partial charge >= 0.3 is 22.4 Å². The van der Waals surface area contributed by atoms with E-state index < -0.39 is 7.92 Å². The minimum Gasteiger partial charge on any atom is -0.585 e. The van der Waals surface area contributed by atoms with Crippen molar-refractivity contribution in [3.8, 4) is 0 Å². The van der Waals surface area contributed by atoms with Gasteiger partial charge in [0.1, 0.15) is 0 Å². The van der Waals surface area contributed by atoms with Gasteiger partial charge in [0.15, 0.2) is 0 Å². The average Bonchev–Trinajstić information content (AvgIpc) is 3.59. The number of para-hydroxylation sites is 2. The predicted octanol–water partition coefficient (Wildman–Crippen LogP) is 10.5. The number of hydrogen-bond acceptors (Lipinski definition) is 2. The molecule has 1 aliphatic heterocycles. The van der Waals surface area contributed by atoms with Crippen LogP contribution in [0.15, 0.2) is 127 Å². The predicted molar refractivity (Wildman–Crippen MR) is 215 cm³/mol. The Morgan fingerprint density at radius 1 is 0.408 bits per heavy atom. The van der Waals surface area contributed by atoms with Gasteiger partial charge in [0.05, 0.1) is 0 Å². The van der Waals surface area contributed by atoms with E-state index in [2.05, 4.69) is 200 Å². The molecule has 258 valence electrons. The van der Waals surface area contributed by atoms with Gasteiger partial charge in [-0.25, -0.2) is 0 Å². The van der Waals surface area contributed by atoms with Crippen molar-refractivity contribution in [2.24, 2.45) is 0 Å². The third kappa shape index (κ3) is 9.39. The van der Waals surface area contributed by atoms with Gasteiger partial charge in [0, 0.05) is 11.4 Å². The second-order valence-corrected chi connectivity index (χ2v) is 16.3. The van der Waals surface area contributed by atoms with Crippen LogP contribution in [-0.4, -0.2) is 20.6 Å². The Kier molecular flexibility index (Phi) is 14.4. The van der Waals surface area contributed by atoms with Gasteiger partial charge in [-0.05, 0) is 82.9 Å². The van der Waals surface area contributed by atoms with Crippen molar-refractivity contribution in [2.45, 2.75) is 79.1 Å². The van der Waals surface area contributed by atoms with Crippen LogP contribution in [0.1, 0.15) is 101 Å². The molecule has 0 saturated carbocycles. The van der Waals surface area contributed by atoms with E-state index in [0.717, 1.165) is 13.1 Å². The molecule has 5 aromatic carbocycles. The summed E-state index contributed by atoms with van der Waals surface area (Å²) in [6, 6.07) is 46.0. The SMILES string of the molecule is CC(C)c1cccc(C(C)C)c1N1[B-]N(c2c(C(C)C)cccc2C(C)C)CC1.[Au+].c1ccc(P(c2ccccc2)c2ccccc2)cc1. The van der Waals surface area contributed by atoms with E-state index in [4.69, 9.17) is 0 Å². The summed E-state index contributed by atoms with van der Waals surface area (Å²) in [7, 11) is 1.93. The molecule has 2 radical (unpaired) electrons. The van der Waals surface area contributed by atoms with Crippen molar-refractivity contribution in [1.29, 1.82) is 0 Å². The maximum absolute atomic E-state index is 2.51. The topological polar surface area (TPSA) is 6.48 Å². The summed E-state index contributed by atoms with van der Waals surface area (Å²) in [5.74, 6) is 2.06. The zero-order chi connectivity index (χ0) is 34.2. The van der Waals surface area contributed by atoms with Gasteiger partial charge in [0.2, 0.25) is 0 Å². The van der Waals surface area contributed by atoms with E-state index in [1.165, 1.54) is 49.5 Å². The monoisotopic (exact) mass is 848 g/mol. The molecule has 0 aliphatic carbocycles. The maximum atomic E-state index is 2.51. The van der Waals surface area contributed by atoms with Crippen molar-refractivity contribution in [3.63, 3.8) is 0 Å². The fourth-order valence-corrected chi connectivity index (χ4v) is 9.01. The second kappa shape index (κ2) is 18.3. The van der Waals surface area contributed by atoms with E-state index in [1.54, 1.807) is 0 Å². The minimum atomic E-state index is -0.446. The molecule has 1 aliphatic rings. The van der Waals surface area contributed by atoms with Crippen molar-refractivity contribution < 1.29 is 22.4 Å². The largest absolute Gasteiger partial charge is 1.00 e. The Hall–Kier alpha value is -3.06. The van der Waals surface area contributed by atoms with Crippen LogP contribution in [0.25, 0.3) is 0 Å². The van der Waals surface area contributed by atoms with E-state index in [1.807, 2.05) is 0 Å². The number of nitrogens with zero attached hydrogens (tertiary/aromatic N) is 2. The van der Waals surface area contributed by atoms with E-state index in [0.29, 0.717) is 23.7 Å². The number of benzene rings is 5. The smallest absolute Gasteiger partial charge is 0.585 e. The van der Waals surface area contributed by atoms with Gasteiger partial charge in [-0.1, -0.05) is 190 Å². The molecular formula is C44H53AuBN2P. The first-order valence-corrected chi connectivity index (χ1v) is 19.1. The molecule has 1 heterocycles. The van der Waals surface area contributed by atoms with Gasteiger partial charge in [-0.3, -0.25) is 0 Å². The fraction of sp³-hybridized carbons (Fsp3) is 0.318. The van der Waals surface area contributed by atoms with Crippen LogP contribution in [-0.2, 0) is 22.4 Å². The summed E-state index contributed by atoms with van der Waals surface area (Å²) >= 11 is 0. The first-order chi connectivity index (χ1) is 23.2. The fourth-order valence-electron chi connectivity index (χ4n) is 6.70. The molecule has 0 N–H and O–H groups in total.